The number of halogens is 1. The minimum Gasteiger partial charge on any atom is -0.453 e. The summed E-state index contributed by atoms with van der Waals surface area (Å²) in [5.74, 6) is -0.368. The highest BCUT2D eigenvalue weighted by Gasteiger charge is 2.23. The molecule has 0 fully saturated rings. The summed E-state index contributed by atoms with van der Waals surface area (Å²) >= 11 is 0. The van der Waals surface area contributed by atoms with Crippen LogP contribution in [0.15, 0.2) is 47.5 Å². The predicted molar refractivity (Wildman–Crippen MR) is 98.7 cm³/mol. The van der Waals surface area contributed by atoms with Crippen LogP contribution in [0, 0.1) is 13.8 Å². The van der Waals surface area contributed by atoms with Gasteiger partial charge in [0.2, 0.25) is 5.78 Å². The van der Waals surface area contributed by atoms with E-state index in [-0.39, 0.29) is 0 Å². The van der Waals surface area contributed by atoms with Crippen molar-refractivity contribution in [1.29, 1.82) is 0 Å². The van der Waals surface area contributed by atoms with Crippen LogP contribution >= 0.6 is 0 Å². The third-order valence-electron chi connectivity index (χ3n) is 3.89. The highest BCUT2D eigenvalue weighted by atomic mass is 19.1. The van der Waals surface area contributed by atoms with E-state index in [0.717, 1.165) is 17.8 Å². The van der Waals surface area contributed by atoms with Crippen LogP contribution in [0.4, 0.5) is 10.1 Å². The normalized spacial score (nSPS) is 12.2. The fourth-order valence-corrected chi connectivity index (χ4v) is 2.24. The van der Waals surface area contributed by atoms with Crippen molar-refractivity contribution in [1.82, 2.24) is 4.90 Å². The van der Waals surface area contributed by atoms with Gasteiger partial charge in [-0.3, -0.25) is 4.79 Å². The first-order valence-corrected chi connectivity index (χ1v) is 8.18. The summed E-state index contributed by atoms with van der Waals surface area (Å²) in [5.41, 5.74) is 2.54. The number of benzene rings is 2. The molecule has 2 aromatic rings. The number of aryl methyl sites for hydroxylation is 2. The van der Waals surface area contributed by atoms with E-state index in [2.05, 4.69) is 4.99 Å². The van der Waals surface area contributed by atoms with E-state index in [1.807, 2.05) is 25.8 Å². The van der Waals surface area contributed by atoms with Crippen LogP contribution in [0.1, 0.15) is 28.4 Å². The Hall–Kier alpha value is -2.69. The zero-order valence-electron chi connectivity index (χ0n) is 15.0. The molecule has 0 aliphatic heterocycles. The fourth-order valence-electron chi connectivity index (χ4n) is 2.24. The van der Waals surface area contributed by atoms with Crippen LogP contribution in [0.3, 0.4) is 0 Å². The number of hydrogen-bond acceptors (Lipinski definition) is 3. The highest BCUT2D eigenvalue weighted by molar-refractivity contribution is 6.00. The Kier molecular flexibility index (Phi) is 6.28. The molecule has 0 aliphatic rings. The number of nitrogens with zero attached hydrogens (tertiary/aromatic N) is 2. The molecule has 0 bridgehead atoms. The van der Waals surface area contributed by atoms with Crippen molar-refractivity contribution in [3.63, 3.8) is 0 Å². The van der Waals surface area contributed by atoms with Crippen molar-refractivity contribution in [2.24, 2.45) is 4.99 Å². The van der Waals surface area contributed by atoms with Gasteiger partial charge >= 0.3 is 6.36 Å². The molecule has 0 radical (unpaired) electrons. The zero-order valence-corrected chi connectivity index (χ0v) is 15.0. The Balaban J connectivity index is 2.20. The smallest absolute Gasteiger partial charge is 0.301 e. The number of para-hydroxylation sites is 1. The lowest BCUT2D eigenvalue weighted by Crippen LogP contribution is -2.23. The Labute approximate surface area is 148 Å². The molecular weight excluding hydrogens is 319 g/mol. The largest absolute Gasteiger partial charge is 0.453 e. The lowest BCUT2D eigenvalue weighted by Gasteiger charge is -2.14. The first-order chi connectivity index (χ1) is 11.9. The van der Waals surface area contributed by atoms with Crippen molar-refractivity contribution >= 4 is 17.8 Å². The molecule has 1 atom stereocenters. The summed E-state index contributed by atoms with van der Waals surface area (Å²) in [4.78, 5) is 18.8. The molecule has 132 valence electrons. The molecule has 0 saturated heterocycles. The lowest BCUT2D eigenvalue weighted by atomic mass is 10.0. The first kappa shape index (κ1) is 18.6. The fraction of sp³-hybridized carbons (Fsp3) is 0.300. The summed E-state index contributed by atoms with van der Waals surface area (Å²) in [6, 6.07) is 11.9. The van der Waals surface area contributed by atoms with Gasteiger partial charge in [-0.2, -0.15) is 4.39 Å². The summed E-state index contributed by atoms with van der Waals surface area (Å²) in [5, 5.41) is 0. The number of aliphatic imine (C=N–C) groups is 1. The molecule has 1 unspecified atom stereocenters. The molecule has 0 aromatic heterocycles. The van der Waals surface area contributed by atoms with Crippen molar-refractivity contribution in [2.45, 2.75) is 27.1 Å². The van der Waals surface area contributed by atoms with E-state index < -0.39 is 12.1 Å². The quantitative estimate of drug-likeness (QED) is 0.423. The van der Waals surface area contributed by atoms with Gasteiger partial charge in [-0.15, -0.1) is 0 Å². The van der Waals surface area contributed by atoms with Gasteiger partial charge in [0.05, 0.1) is 12.0 Å². The minimum atomic E-state index is -2.04. The van der Waals surface area contributed by atoms with Gasteiger partial charge in [0.25, 0.3) is 0 Å². The van der Waals surface area contributed by atoms with E-state index >= 15 is 0 Å². The molecular formula is C20H23FN2O2. The number of ether oxygens (including phenoxy) is 1. The Morgan fingerprint density at radius 3 is 2.56 bits per heavy atom. The minimum absolute atomic E-state index is 0.309. The molecule has 2 rings (SSSR count). The van der Waals surface area contributed by atoms with Gasteiger partial charge in [-0.05, 0) is 56.2 Å². The van der Waals surface area contributed by atoms with Gasteiger partial charge in [-0.1, -0.05) is 18.2 Å². The average Bonchev–Trinajstić information content (AvgIpc) is 2.61. The van der Waals surface area contributed by atoms with E-state index in [9.17, 15) is 9.18 Å². The summed E-state index contributed by atoms with van der Waals surface area (Å²) in [6.07, 6.45) is -0.305. The second-order valence-corrected chi connectivity index (χ2v) is 5.88. The SMILES string of the molecule is CCN(C)C=Nc1cc(C)c(C(=O)C(F)Oc2ccccc2)cc1C. The standard InChI is InChI=1S/C20H23FN2O2/c1-5-23(4)13-22-18-12-14(2)17(11-15(18)3)19(24)20(21)25-16-9-7-6-8-10-16/h6-13,20H,5H2,1-4H3. The van der Waals surface area contributed by atoms with Gasteiger partial charge < -0.3 is 9.64 Å². The molecule has 0 spiro atoms. The maximum Gasteiger partial charge on any atom is 0.301 e. The average molecular weight is 342 g/mol. The van der Waals surface area contributed by atoms with Crippen molar-refractivity contribution in [3.8, 4) is 5.75 Å². The van der Waals surface area contributed by atoms with E-state index in [1.165, 1.54) is 0 Å². The van der Waals surface area contributed by atoms with Crippen LogP contribution < -0.4 is 4.74 Å². The maximum absolute atomic E-state index is 14.3. The van der Waals surface area contributed by atoms with Gasteiger partial charge in [0.15, 0.2) is 0 Å². The second kappa shape index (κ2) is 8.42. The first-order valence-electron chi connectivity index (χ1n) is 8.18. The second-order valence-electron chi connectivity index (χ2n) is 5.88. The van der Waals surface area contributed by atoms with E-state index in [0.29, 0.717) is 16.9 Å². The van der Waals surface area contributed by atoms with Crippen LogP contribution in [0.5, 0.6) is 5.75 Å². The van der Waals surface area contributed by atoms with Crippen molar-refractivity contribution in [3.05, 3.63) is 59.2 Å². The van der Waals surface area contributed by atoms with E-state index in [4.69, 9.17) is 4.74 Å². The molecule has 0 amide bonds. The number of Topliss-reactive ketones (excluding diaryl/α,β-unsaturated/α-hetero) is 1. The Bertz CT molecular complexity index is 760. The van der Waals surface area contributed by atoms with Crippen molar-refractivity contribution < 1.29 is 13.9 Å². The van der Waals surface area contributed by atoms with Crippen LogP contribution in [0.25, 0.3) is 0 Å². The number of ketones is 1. The summed E-state index contributed by atoms with van der Waals surface area (Å²) in [7, 11) is 1.93. The van der Waals surface area contributed by atoms with Crippen LogP contribution in [0.2, 0.25) is 0 Å². The van der Waals surface area contributed by atoms with Gasteiger partial charge in [0.1, 0.15) is 5.75 Å². The maximum atomic E-state index is 14.3. The van der Waals surface area contributed by atoms with E-state index in [1.54, 1.807) is 55.7 Å². The molecule has 2 aromatic carbocycles. The topological polar surface area (TPSA) is 41.9 Å². The number of hydrogen-bond donors (Lipinski definition) is 0. The molecule has 0 N–H and O–H groups in total. The van der Waals surface area contributed by atoms with Crippen LogP contribution in [-0.2, 0) is 0 Å². The third-order valence-corrected chi connectivity index (χ3v) is 3.89. The van der Waals surface area contributed by atoms with Gasteiger partial charge in [-0.25, -0.2) is 4.99 Å². The van der Waals surface area contributed by atoms with Crippen molar-refractivity contribution in [2.75, 3.05) is 13.6 Å². The molecule has 25 heavy (non-hydrogen) atoms. The summed E-state index contributed by atoms with van der Waals surface area (Å²) < 4.78 is 19.4. The van der Waals surface area contributed by atoms with Gasteiger partial charge in [0, 0.05) is 19.2 Å². The number of alkyl halides is 1. The molecule has 5 heteroatoms. The lowest BCUT2D eigenvalue weighted by molar-refractivity contribution is 0.0450. The predicted octanol–water partition coefficient (Wildman–Crippen LogP) is 4.47. The Morgan fingerprint density at radius 1 is 1.24 bits per heavy atom. The third kappa shape index (κ3) is 4.89. The molecule has 4 nitrogen and oxygen atoms in total. The highest BCUT2D eigenvalue weighted by Crippen LogP contribution is 2.25. The number of rotatable bonds is 7. The van der Waals surface area contributed by atoms with Crippen LogP contribution in [-0.4, -0.2) is 37.0 Å². The zero-order chi connectivity index (χ0) is 18.4. The molecule has 0 aliphatic carbocycles. The number of carbonyl (C=O) groups is 1. The Morgan fingerprint density at radius 2 is 1.92 bits per heavy atom. The monoisotopic (exact) mass is 342 g/mol. The summed E-state index contributed by atoms with van der Waals surface area (Å²) in [6.45, 7) is 6.49. The molecule has 0 heterocycles. The number of carbonyl (C=O) groups excluding carboxylic acids is 1. The molecule has 0 saturated carbocycles.